The van der Waals surface area contributed by atoms with Gasteiger partial charge in [-0.25, -0.2) is 4.39 Å². The third-order valence-electron chi connectivity index (χ3n) is 2.63. The van der Waals surface area contributed by atoms with E-state index >= 15 is 0 Å². The number of halogens is 1. The minimum atomic E-state index is -0.273. The maximum atomic E-state index is 12.0. The predicted octanol–water partition coefficient (Wildman–Crippen LogP) is -0.328. The van der Waals surface area contributed by atoms with Gasteiger partial charge in [0.15, 0.2) is 0 Å². The zero-order valence-corrected chi connectivity index (χ0v) is 8.51. The molecule has 2 heterocycles. The smallest absolute Gasteiger partial charge is 0.108 e. The Morgan fingerprint density at radius 2 is 2.33 bits per heavy atom. The Kier molecular flexibility index (Phi) is 3.27. The molecule has 1 aliphatic rings. The van der Waals surface area contributed by atoms with Crippen molar-refractivity contribution in [3.05, 3.63) is 11.9 Å². The fourth-order valence-corrected chi connectivity index (χ4v) is 1.86. The SMILES string of the molecule is OCc1cn(CC2CN(CCF)C2)nn1. The summed E-state index contributed by atoms with van der Waals surface area (Å²) in [6, 6.07) is 0. The van der Waals surface area contributed by atoms with E-state index in [4.69, 9.17) is 5.11 Å². The number of aliphatic hydroxyl groups excluding tert-OH is 1. The van der Waals surface area contributed by atoms with Crippen LogP contribution >= 0.6 is 0 Å². The monoisotopic (exact) mass is 214 g/mol. The molecule has 1 aliphatic heterocycles. The lowest BCUT2D eigenvalue weighted by molar-refractivity contribution is 0.0784. The molecule has 0 atom stereocenters. The van der Waals surface area contributed by atoms with Crippen molar-refractivity contribution in [3.8, 4) is 0 Å². The quantitative estimate of drug-likeness (QED) is 0.729. The first-order valence-corrected chi connectivity index (χ1v) is 5.10. The first-order chi connectivity index (χ1) is 7.31. The Balaban J connectivity index is 1.75. The van der Waals surface area contributed by atoms with E-state index in [1.807, 2.05) is 0 Å². The molecule has 1 aromatic heterocycles. The average molecular weight is 214 g/mol. The molecule has 2 rings (SSSR count). The van der Waals surface area contributed by atoms with Crippen LogP contribution in [0.2, 0.25) is 0 Å². The van der Waals surface area contributed by atoms with Crippen LogP contribution in [0, 0.1) is 5.92 Å². The fourth-order valence-electron chi connectivity index (χ4n) is 1.86. The Labute approximate surface area is 87.5 Å². The number of hydrogen-bond acceptors (Lipinski definition) is 4. The van der Waals surface area contributed by atoms with Crippen LogP contribution in [0.3, 0.4) is 0 Å². The molecule has 0 unspecified atom stereocenters. The Morgan fingerprint density at radius 3 is 2.93 bits per heavy atom. The van der Waals surface area contributed by atoms with Crippen molar-refractivity contribution in [1.82, 2.24) is 19.9 Å². The van der Waals surface area contributed by atoms with Gasteiger partial charge in [-0.05, 0) is 0 Å². The molecule has 6 heteroatoms. The van der Waals surface area contributed by atoms with Crippen LogP contribution in [0.1, 0.15) is 5.69 Å². The van der Waals surface area contributed by atoms with Crippen molar-refractivity contribution in [2.24, 2.45) is 5.92 Å². The molecular weight excluding hydrogens is 199 g/mol. The molecule has 1 saturated heterocycles. The van der Waals surface area contributed by atoms with E-state index in [1.54, 1.807) is 10.9 Å². The highest BCUT2D eigenvalue weighted by Gasteiger charge is 2.26. The lowest BCUT2D eigenvalue weighted by Gasteiger charge is -2.38. The van der Waals surface area contributed by atoms with E-state index in [-0.39, 0.29) is 13.3 Å². The molecular formula is C9H15FN4O. The Hall–Kier alpha value is -1.01. The van der Waals surface area contributed by atoms with Crippen molar-refractivity contribution in [2.75, 3.05) is 26.3 Å². The summed E-state index contributed by atoms with van der Waals surface area (Å²) in [6.07, 6.45) is 1.75. The third kappa shape index (κ3) is 2.51. The average Bonchev–Trinajstić information content (AvgIpc) is 2.62. The normalized spacial score (nSPS) is 18.0. The largest absolute Gasteiger partial charge is 0.390 e. The Morgan fingerprint density at radius 1 is 1.53 bits per heavy atom. The molecule has 0 bridgehead atoms. The second kappa shape index (κ2) is 4.67. The van der Waals surface area contributed by atoms with Crippen LogP contribution in [0.15, 0.2) is 6.20 Å². The number of aliphatic hydroxyl groups is 1. The minimum Gasteiger partial charge on any atom is -0.390 e. The summed E-state index contributed by atoms with van der Waals surface area (Å²) >= 11 is 0. The van der Waals surface area contributed by atoms with Crippen LogP contribution in [-0.4, -0.2) is 51.3 Å². The van der Waals surface area contributed by atoms with E-state index in [9.17, 15) is 4.39 Å². The molecule has 5 nitrogen and oxygen atoms in total. The van der Waals surface area contributed by atoms with Crippen molar-refractivity contribution < 1.29 is 9.50 Å². The number of rotatable bonds is 5. The van der Waals surface area contributed by atoms with Crippen LogP contribution in [0.25, 0.3) is 0 Å². The lowest BCUT2D eigenvalue weighted by Crippen LogP contribution is -2.49. The first-order valence-electron chi connectivity index (χ1n) is 5.10. The number of likely N-dealkylation sites (tertiary alicyclic amines) is 1. The van der Waals surface area contributed by atoms with Crippen LogP contribution in [-0.2, 0) is 13.2 Å². The summed E-state index contributed by atoms with van der Waals surface area (Å²) in [7, 11) is 0. The van der Waals surface area contributed by atoms with E-state index in [1.165, 1.54) is 0 Å². The summed E-state index contributed by atoms with van der Waals surface area (Å²) in [4.78, 5) is 2.08. The van der Waals surface area contributed by atoms with Crippen molar-refractivity contribution in [1.29, 1.82) is 0 Å². The second-order valence-corrected chi connectivity index (χ2v) is 3.90. The van der Waals surface area contributed by atoms with Gasteiger partial charge in [-0.3, -0.25) is 9.58 Å². The summed E-state index contributed by atoms with van der Waals surface area (Å²) in [5, 5.41) is 16.5. The van der Waals surface area contributed by atoms with E-state index in [0.717, 1.165) is 19.6 Å². The number of hydrogen-bond donors (Lipinski definition) is 1. The van der Waals surface area contributed by atoms with Gasteiger partial charge in [-0.15, -0.1) is 5.10 Å². The van der Waals surface area contributed by atoms with Crippen LogP contribution in [0.5, 0.6) is 0 Å². The minimum absolute atomic E-state index is 0.0708. The molecule has 0 radical (unpaired) electrons. The standard InChI is InChI=1S/C9H15FN4O/c10-1-2-13-3-8(4-13)5-14-6-9(7-15)11-12-14/h6,8,15H,1-5,7H2. The molecule has 0 saturated carbocycles. The molecule has 84 valence electrons. The van der Waals surface area contributed by atoms with Gasteiger partial charge in [-0.2, -0.15) is 0 Å². The van der Waals surface area contributed by atoms with Crippen molar-refractivity contribution >= 4 is 0 Å². The highest BCUT2D eigenvalue weighted by molar-refractivity contribution is 4.90. The predicted molar refractivity (Wildman–Crippen MR) is 51.8 cm³/mol. The molecule has 0 spiro atoms. The zero-order chi connectivity index (χ0) is 10.7. The maximum Gasteiger partial charge on any atom is 0.108 e. The van der Waals surface area contributed by atoms with Gasteiger partial charge in [-0.1, -0.05) is 5.21 Å². The molecule has 0 aromatic carbocycles. The van der Waals surface area contributed by atoms with Gasteiger partial charge in [0.2, 0.25) is 0 Å². The maximum absolute atomic E-state index is 12.0. The summed E-state index contributed by atoms with van der Waals surface area (Å²) in [5.41, 5.74) is 0.593. The first kappa shape index (κ1) is 10.5. The number of alkyl halides is 1. The van der Waals surface area contributed by atoms with E-state index in [0.29, 0.717) is 18.2 Å². The number of aromatic nitrogens is 3. The summed E-state index contributed by atoms with van der Waals surface area (Å²) < 4.78 is 13.7. The Bertz CT molecular complexity index is 311. The van der Waals surface area contributed by atoms with Gasteiger partial charge >= 0.3 is 0 Å². The number of nitrogens with zero attached hydrogens (tertiary/aromatic N) is 4. The molecule has 1 fully saturated rings. The van der Waals surface area contributed by atoms with E-state index in [2.05, 4.69) is 15.2 Å². The second-order valence-electron chi connectivity index (χ2n) is 3.90. The molecule has 0 amide bonds. The van der Waals surface area contributed by atoms with Gasteiger partial charge in [0.1, 0.15) is 12.4 Å². The summed E-state index contributed by atoms with van der Waals surface area (Å²) in [6.45, 7) is 2.85. The van der Waals surface area contributed by atoms with E-state index < -0.39 is 0 Å². The molecule has 1 aromatic rings. The van der Waals surface area contributed by atoms with Crippen LogP contribution < -0.4 is 0 Å². The lowest BCUT2D eigenvalue weighted by atomic mass is 10.0. The zero-order valence-electron chi connectivity index (χ0n) is 8.51. The highest BCUT2D eigenvalue weighted by atomic mass is 19.1. The highest BCUT2D eigenvalue weighted by Crippen LogP contribution is 2.16. The van der Waals surface area contributed by atoms with Crippen molar-refractivity contribution in [2.45, 2.75) is 13.2 Å². The van der Waals surface area contributed by atoms with Gasteiger partial charge in [0, 0.05) is 32.1 Å². The van der Waals surface area contributed by atoms with Crippen LogP contribution in [0.4, 0.5) is 4.39 Å². The molecule has 1 N–H and O–H groups in total. The topological polar surface area (TPSA) is 54.2 Å². The fraction of sp³-hybridized carbons (Fsp3) is 0.778. The molecule has 0 aliphatic carbocycles. The third-order valence-corrected chi connectivity index (χ3v) is 2.63. The van der Waals surface area contributed by atoms with Gasteiger partial charge < -0.3 is 5.11 Å². The van der Waals surface area contributed by atoms with Gasteiger partial charge in [0.25, 0.3) is 0 Å². The summed E-state index contributed by atoms with van der Waals surface area (Å²) in [5.74, 6) is 0.532. The van der Waals surface area contributed by atoms with Crippen molar-refractivity contribution in [3.63, 3.8) is 0 Å². The van der Waals surface area contributed by atoms with Gasteiger partial charge in [0.05, 0.1) is 12.8 Å². The molecule has 15 heavy (non-hydrogen) atoms.